The SMILES string of the molecule is CCCn1c(C)c(C(=O)OCC)c(=O)c2cc(C)ccc21. The average molecular weight is 287 g/mol. The largest absolute Gasteiger partial charge is 0.462 e. The lowest BCUT2D eigenvalue weighted by molar-refractivity contribution is 0.0523. The smallest absolute Gasteiger partial charge is 0.343 e. The number of hydrogen-bond donors (Lipinski definition) is 0. The lowest BCUT2D eigenvalue weighted by atomic mass is 10.1. The van der Waals surface area contributed by atoms with Crippen LogP contribution in [0.15, 0.2) is 23.0 Å². The summed E-state index contributed by atoms with van der Waals surface area (Å²) < 4.78 is 7.08. The van der Waals surface area contributed by atoms with Gasteiger partial charge in [0.05, 0.1) is 12.1 Å². The molecule has 4 nitrogen and oxygen atoms in total. The average Bonchev–Trinajstić information content (AvgIpc) is 2.44. The van der Waals surface area contributed by atoms with E-state index in [9.17, 15) is 9.59 Å². The van der Waals surface area contributed by atoms with E-state index in [-0.39, 0.29) is 17.6 Å². The van der Waals surface area contributed by atoms with Crippen LogP contribution in [-0.4, -0.2) is 17.1 Å². The van der Waals surface area contributed by atoms with Crippen LogP contribution >= 0.6 is 0 Å². The fraction of sp³-hybridized carbons (Fsp3) is 0.412. The number of hydrogen-bond acceptors (Lipinski definition) is 3. The van der Waals surface area contributed by atoms with E-state index in [1.54, 1.807) is 6.92 Å². The maximum Gasteiger partial charge on any atom is 0.343 e. The van der Waals surface area contributed by atoms with E-state index >= 15 is 0 Å². The molecule has 0 aliphatic heterocycles. The summed E-state index contributed by atoms with van der Waals surface area (Å²) in [5, 5.41) is 0.581. The minimum atomic E-state index is -0.534. The van der Waals surface area contributed by atoms with Gasteiger partial charge in [0.1, 0.15) is 5.56 Å². The Balaban J connectivity index is 2.86. The van der Waals surface area contributed by atoms with E-state index < -0.39 is 5.97 Å². The van der Waals surface area contributed by atoms with Crippen molar-refractivity contribution in [2.45, 2.75) is 40.7 Å². The van der Waals surface area contributed by atoms with Gasteiger partial charge in [-0.1, -0.05) is 18.6 Å². The molecule has 1 aromatic heterocycles. The molecule has 0 fully saturated rings. The van der Waals surface area contributed by atoms with Gasteiger partial charge < -0.3 is 9.30 Å². The van der Waals surface area contributed by atoms with Gasteiger partial charge in [-0.3, -0.25) is 4.79 Å². The summed E-state index contributed by atoms with van der Waals surface area (Å²) in [5.74, 6) is -0.534. The van der Waals surface area contributed by atoms with E-state index in [0.29, 0.717) is 11.1 Å². The van der Waals surface area contributed by atoms with Crippen LogP contribution in [0.5, 0.6) is 0 Å². The summed E-state index contributed by atoms with van der Waals surface area (Å²) in [6, 6.07) is 5.77. The second-order valence-electron chi connectivity index (χ2n) is 5.18. The molecule has 0 aliphatic carbocycles. The molecule has 1 aromatic carbocycles. The lowest BCUT2D eigenvalue weighted by Gasteiger charge is -2.17. The van der Waals surface area contributed by atoms with Gasteiger partial charge in [0.15, 0.2) is 0 Å². The third kappa shape index (κ3) is 2.71. The number of fused-ring (bicyclic) bond motifs is 1. The van der Waals surface area contributed by atoms with E-state index in [2.05, 4.69) is 6.92 Å². The first-order chi connectivity index (χ1) is 10.0. The molecule has 0 atom stereocenters. The third-order valence-corrected chi connectivity index (χ3v) is 3.61. The molecular weight excluding hydrogens is 266 g/mol. The molecule has 4 heteroatoms. The van der Waals surface area contributed by atoms with Crippen molar-refractivity contribution in [3.8, 4) is 0 Å². The van der Waals surface area contributed by atoms with Gasteiger partial charge in [-0.05, 0) is 39.3 Å². The van der Waals surface area contributed by atoms with Gasteiger partial charge in [0.2, 0.25) is 5.43 Å². The lowest BCUT2D eigenvalue weighted by Crippen LogP contribution is -2.24. The van der Waals surface area contributed by atoms with Gasteiger partial charge in [-0.15, -0.1) is 0 Å². The van der Waals surface area contributed by atoms with Crippen molar-refractivity contribution < 1.29 is 9.53 Å². The molecule has 112 valence electrons. The predicted octanol–water partition coefficient (Wildman–Crippen LogP) is 3.21. The maximum atomic E-state index is 12.7. The maximum absolute atomic E-state index is 12.7. The minimum Gasteiger partial charge on any atom is -0.462 e. The monoisotopic (exact) mass is 287 g/mol. The van der Waals surface area contributed by atoms with Crippen molar-refractivity contribution in [3.63, 3.8) is 0 Å². The van der Waals surface area contributed by atoms with E-state index in [4.69, 9.17) is 4.74 Å². The molecule has 0 spiro atoms. The van der Waals surface area contributed by atoms with E-state index in [1.807, 2.05) is 36.6 Å². The molecule has 0 unspecified atom stereocenters. The first-order valence-electron chi connectivity index (χ1n) is 7.32. The molecule has 0 saturated carbocycles. The highest BCUT2D eigenvalue weighted by atomic mass is 16.5. The highest BCUT2D eigenvalue weighted by molar-refractivity contribution is 5.95. The van der Waals surface area contributed by atoms with Crippen LogP contribution in [0.25, 0.3) is 10.9 Å². The van der Waals surface area contributed by atoms with E-state index in [0.717, 1.165) is 24.0 Å². The molecule has 0 radical (unpaired) electrons. The number of rotatable bonds is 4. The molecule has 0 amide bonds. The van der Waals surface area contributed by atoms with Crippen LogP contribution in [0.3, 0.4) is 0 Å². The summed E-state index contributed by atoms with van der Waals surface area (Å²) in [6.45, 7) is 8.58. The first-order valence-corrected chi connectivity index (χ1v) is 7.32. The number of carbonyl (C=O) groups is 1. The van der Waals surface area contributed by atoms with E-state index in [1.165, 1.54) is 0 Å². The number of aromatic nitrogens is 1. The van der Waals surface area contributed by atoms with Crippen molar-refractivity contribution in [1.82, 2.24) is 4.57 Å². The number of pyridine rings is 1. The fourth-order valence-electron chi connectivity index (χ4n) is 2.64. The molecular formula is C17H21NO3. The van der Waals surface area contributed by atoms with Gasteiger partial charge in [-0.2, -0.15) is 0 Å². The van der Waals surface area contributed by atoms with Crippen molar-refractivity contribution in [1.29, 1.82) is 0 Å². The highest BCUT2D eigenvalue weighted by Crippen LogP contribution is 2.18. The van der Waals surface area contributed by atoms with Crippen molar-refractivity contribution >= 4 is 16.9 Å². The Bertz CT molecular complexity index is 744. The molecule has 21 heavy (non-hydrogen) atoms. The molecule has 1 heterocycles. The number of nitrogens with zero attached hydrogens (tertiary/aromatic N) is 1. The zero-order valence-corrected chi connectivity index (χ0v) is 13.0. The Morgan fingerprint density at radius 2 is 1.95 bits per heavy atom. The molecule has 2 aromatic rings. The van der Waals surface area contributed by atoms with Crippen molar-refractivity contribution in [3.05, 3.63) is 45.2 Å². The number of esters is 1. The Morgan fingerprint density at radius 3 is 2.57 bits per heavy atom. The normalized spacial score (nSPS) is 10.9. The molecule has 0 N–H and O–H groups in total. The highest BCUT2D eigenvalue weighted by Gasteiger charge is 2.20. The number of ether oxygens (including phenoxy) is 1. The van der Waals surface area contributed by atoms with Crippen molar-refractivity contribution in [2.24, 2.45) is 0 Å². The predicted molar refractivity (Wildman–Crippen MR) is 83.9 cm³/mol. The Labute approximate surface area is 124 Å². The zero-order valence-electron chi connectivity index (χ0n) is 13.0. The quantitative estimate of drug-likeness (QED) is 0.811. The third-order valence-electron chi connectivity index (χ3n) is 3.61. The minimum absolute atomic E-state index is 0.156. The molecule has 2 rings (SSSR count). The summed E-state index contributed by atoms with van der Waals surface area (Å²) in [5.41, 5.74) is 2.47. The fourth-order valence-corrected chi connectivity index (χ4v) is 2.64. The summed E-state index contributed by atoms with van der Waals surface area (Å²) in [7, 11) is 0. The van der Waals surface area contributed by atoms with Gasteiger partial charge in [-0.25, -0.2) is 4.79 Å². The number of carbonyl (C=O) groups excluding carboxylic acids is 1. The molecule has 0 saturated heterocycles. The van der Waals surface area contributed by atoms with Crippen LogP contribution < -0.4 is 5.43 Å². The topological polar surface area (TPSA) is 48.3 Å². The number of aryl methyl sites for hydroxylation is 2. The van der Waals surface area contributed by atoms with Crippen molar-refractivity contribution in [2.75, 3.05) is 6.61 Å². The van der Waals surface area contributed by atoms with Crippen LogP contribution in [0, 0.1) is 13.8 Å². The molecule has 0 aliphatic rings. The number of benzene rings is 1. The Kier molecular flexibility index (Phi) is 4.46. The van der Waals surface area contributed by atoms with Crippen LogP contribution in [0.4, 0.5) is 0 Å². The second-order valence-corrected chi connectivity index (χ2v) is 5.18. The first kappa shape index (κ1) is 15.3. The Hall–Kier alpha value is -2.10. The molecule has 0 bridgehead atoms. The van der Waals surface area contributed by atoms with Crippen LogP contribution in [0.1, 0.15) is 41.9 Å². The summed E-state index contributed by atoms with van der Waals surface area (Å²) in [4.78, 5) is 24.8. The van der Waals surface area contributed by atoms with Gasteiger partial charge >= 0.3 is 5.97 Å². The summed E-state index contributed by atoms with van der Waals surface area (Å²) >= 11 is 0. The summed E-state index contributed by atoms with van der Waals surface area (Å²) in [6.07, 6.45) is 0.926. The standard InChI is InChI=1S/C17H21NO3/c1-5-9-18-12(4)15(17(20)21-6-2)16(19)13-10-11(3)7-8-14(13)18/h7-8,10H,5-6,9H2,1-4H3. The van der Waals surface area contributed by atoms with Gasteiger partial charge in [0, 0.05) is 17.6 Å². The second kappa shape index (κ2) is 6.12. The van der Waals surface area contributed by atoms with Crippen LogP contribution in [0.2, 0.25) is 0 Å². The van der Waals surface area contributed by atoms with Gasteiger partial charge in [0.25, 0.3) is 0 Å². The Morgan fingerprint density at radius 1 is 1.24 bits per heavy atom. The zero-order chi connectivity index (χ0) is 15.6. The van der Waals surface area contributed by atoms with Crippen LogP contribution in [-0.2, 0) is 11.3 Å².